The molecule has 0 radical (unpaired) electrons. The summed E-state index contributed by atoms with van der Waals surface area (Å²) in [6.07, 6.45) is 1.08. The molecule has 7 heteroatoms. The minimum atomic E-state index is -3.29. The molecule has 0 aliphatic heterocycles. The van der Waals surface area contributed by atoms with Crippen molar-refractivity contribution in [3.63, 3.8) is 0 Å². The van der Waals surface area contributed by atoms with Gasteiger partial charge in [0.25, 0.3) is 0 Å². The Labute approximate surface area is 99.8 Å². The lowest BCUT2D eigenvalue weighted by Crippen LogP contribution is -2.14. The first-order valence-corrected chi connectivity index (χ1v) is 6.74. The summed E-state index contributed by atoms with van der Waals surface area (Å²) >= 11 is 5.91. The van der Waals surface area contributed by atoms with Crippen molar-refractivity contribution in [2.45, 2.75) is 0 Å². The van der Waals surface area contributed by atoms with E-state index >= 15 is 0 Å². The molecule has 0 aliphatic carbocycles. The molecule has 0 saturated carbocycles. The van der Waals surface area contributed by atoms with Gasteiger partial charge in [-0.15, -0.1) is 0 Å². The van der Waals surface area contributed by atoms with Crippen LogP contribution in [0.3, 0.4) is 0 Å². The predicted octanol–water partition coefficient (Wildman–Crippen LogP) is 1.27. The first-order valence-electron chi connectivity index (χ1n) is 4.47. The number of sulfonamides is 1. The predicted molar refractivity (Wildman–Crippen MR) is 64.5 cm³/mol. The van der Waals surface area contributed by atoms with Crippen LogP contribution < -0.4 is 14.8 Å². The van der Waals surface area contributed by atoms with Gasteiger partial charge in [-0.05, 0) is 25.2 Å². The highest BCUT2D eigenvalue weighted by atomic mass is 35.5. The lowest BCUT2D eigenvalue weighted by atomic mass is 10.3. The van der Waals surface area contributed by atoms with Crippen molar-refractivity contribution in [1.82, 2.24) is 5.32 Å². The van der Waals surface area contributed by atoms with E-state index in [-0.39, 0.29) is 0 Å². The molecule has 0 atom stereocenters. The standard InChI is InChI=1S/C9H13ClN2O3S/c1-11-6-15-9-4-3-7(5-8(9)10)12-16(2,13)14/h3-5,11-12H,6H2,1-2H3. The van der Waals surface area contributed by atoms with Crippen molar-refractivity contribution < 1.29 is 13.2 Å². The van der Waals surface area contributed by atoms with Crippen molar-refractivity contribution in [2.24, 2.45) is 0 Å². The fraction of sp³-hybridized carbons (Fsp3) is 0.333. The van der Waals surface area contributed by atoms with Crippen LogP contribution in [0.5, 0.6) is 5.75 Å². The molecular weight excluding hydrogens is 252 g/mol. The highest BCUT2D eigenvalue weighted by Crippen LogP contribution is 2.27. The molecule has 0 heterocycles. The van der Waals surface area contributed by atoms with Crippen LogP contribution >= 0.6 is 11.6 Å². The number of rotatable bonds is 5. The average Bonchev–Trinajstić information content (AvgIpc) is 2.14. The van der Waals surface area contributed by atoms with Gasteiger partial charge in [0.1, 0.15) is 12.5 Å². The largest absolute Gasteiger partial charge is 0.477 e. The summed E-state index contributed by atoms with van der Waals surface area (Å²) in [5, 5.41) is 3.15. The SMILES string of the molecule is CNCOc1ccc(NS(C)(=O)=O)cc1Cl. The Hall–Kier alpha value is -0.980. The Kier molecular flexibility index (Phi) is 4.40. The number of hydrogen-bond donors (Lipinski definition) is 2. The zero-order chi connectivity index (χ0) is 12.2. The molecule has 0 aromatic heterocycles. The highest BCUT2D eigenvalue weighted by Gasteiger charge is 2.06. The normalized spacial score (nSPS) is 11.2. The van der Waals surface area contributed by atoms with Crippen LogP contribution in [0.15, 0.2) is 18.2 Å². The number of anilines is 1. The summed E-state index contributed by atoms with van der Waals surface area (Å²) < 4.78 is 29.5. The van der Waals surface area contributed by atoms with Crippen LogP contribution in [-0.2, 0) is 10.0 Å². The Bertz CT molecular complexity index is 462. The Balaban J connectivity index is 2.82. The second kappa shape index (κ2) is 5.38. The van der Waals surface area contributed by atoms with Gasteiger partial charge in [-0.3, -0.25) is 10.0 Å². The summed E-state index contributed by atoms with van der Waals surface area (Å²) in [6, 6.07) is 4.68. The minimum absolute atomic E-state index is 0.332. The van der Waals surface area contributed by atoms with E-state index in [0.717, 1.165) is 6.26 Å². The summed E-state index contributed by atoms with van der Waals surface area (Å²) in [7, 11) is -1.54. The molecule has 0 saturated heterocycles. The maximum atomic E-state index is 11.0. The monoisotopic (exact) mass is 264 g/mol. The van der Waals surface area contributed by atoms with E-state index < -0.39 is 10.0 Å². The lowest BCUT2D eigenvalue weighted by molar-refractivity contribution is 0.296. The lowest BCUT2D eigenvalue weighted by Gasteiger charge is -2.09. The molecule has 0 unspecified atom stereocenters. The molecule has 2 N–H and O–H groups in total. The molecule has 1 aromatic rings. The van der Waals surface area contributed by atoms with Crippen LogP contribution in [0.1, 0.15) is 0 Å². The van der Waals surface area contributed by atoms with Crippen molar-refractivity contribution in [3.05, 3.63) is 23.2 Å². The number of nitrogens with one attached hydrogen (secondary N) is 2. The van der Waals surface area contributed by atoms with E-state index in [9.17, 15) is 8.42 Å². The Morgan fingerprint density at radius 3 is 2.62 bits per heavy atom. The zero-order valence-corrected chi connectivity index (χ0v) is 10.5. The summed E-state index contributed by atoms with van der Waals surface area (Å²) in [5.41, 5.74) is 0.407. The van der Waals surface area contributed by atoms with E-state index in [2.05, 4.69) is 10.0 Å². The third kappa shape index (κ3) is 4.26. The third-order valence-electron chi connectivity index (χ3n) is 1.61. The van der Waals surface area contributed by atoms with Gasteiger partial charge in [0.15, 0.2) is 0 Å². The molecular formula is C9H13ClN2O3S. The van der Waals surface area contributed by atoms with Crippen LogP contribution in [0.4, 0.5) is 5.69 Å². The summed E-state index contributed by atoms with van der Waals surface area (Å²) in [6.45, 7) is 0.332. The first-order chi connectivity index (χ1) is 7.42. The molecule has 1 aromatic carbocycles. The van der Waals surface area contributed by atoms with E-state index in [1.54, 1.807) is 19.2 Å². The van der Waals surface area contributed by atoms with Gasteiger partial charge in [-0.1, -0.05) is 11.6 Å². The molecule has 1 rings (SSSR count). The molecule has 90 valence electrons. The van der Waals surface area contributed by atoms with Crippen LogP contribution in [0.2, 0.25) is 5.02 Å². The molecule has 0 fully saturated rings. The van der Waals surface area contributed by atoms with Crippen LogP contribution in [0, 0.1) is 0 Å². The van der Waals surface area contributed by atoms with E-state index in [1.807, 2.05) is 0 Å². The second-order valence-corrected chi connectivity index (χ2v) is 5.32. The van der Waals surface area contributed by atoms with Crippen molar-refractivity contribution in [2.75, 3.05) is 24.8 Å². The van der Waals surface area contributed by atoms with Gasteiger partial charge in [-0.2, -0.15) is 0 Å². The average molecular weight is 265 g/mol. The quantitative estimate of drug-likeness (QED) is 0.786. The Morgan fingerprint density at radius 2 is 2.12 bits per heavy atom. The topological polar surface area (TPSA) is 67.4 Å². The maximum Gasteiger partial charge on any atom is 0.229 e. The number of ether oxygens (including phenoxy) is 1. The molecule has 5 nitrogen and oxygen atoms in total. The van der Waals surface area contributed by atoms with E-state index in [0.29, 0.717) is 23.2 Å². The highest BCUT2D eigenvalue weighted by molar-refractivity contribution is 7.92. The molecule has 0 aliphatic rings. The smallest absolute Gasteiger partial charge is 0.229 e. The van der Waals surface area contributed by atoms with Gasteiger partial charge in [-0.25, -0.2) is 8.42 Å². The van der Waals surface area contributed by atoms with Crippen molar-refractivity contribution in [3.8, 4) is 5.75 Å². The molecule has 0 amide bonds. The van der Waals surface area contributed by atoms with Gasteiger partial charge in [0, 0.05) is 0 Å². The number of hydrogen-bond acceptors (Lipinski definition) is 4. The zero-order valence-electron chi connectivity index (χ0n) is 8.95. The van der Waals surface area contributed by atoms with Gasteiger partial charge in [0.05, 0.1) is 17.0 Å². The number of benzene rings is 1. The minimum Gasteiger partial charge on any atom is -0.477 e. The van der Waals surface area contributed by atoms with E-state index in [1.165, 1.54) is 6.07 Å². The third-order valence-corrected chi connectivity index (χ3v) is 2.51. The van der Waals surface area contributed by atoms with Gasteiger partial charge in [0.2, 0.25) is 10.0 Å². The van der Waals surface area contributed by atoms with E-state index in [4.69, 9.17) is 16.3 Å². The fourth-order valence-corrected chi connectivity index (χ4v) is 1.84. The summed E-state index contributed by atoms with van der Waals surface area (Å²) in [4.78, 5) is 0. The van der Waals surface area contributed by atoms with Crippen molar-refractivity contribution in [1.29, 1.82) is 0 Å². The fourth-order valence-electron chi connectivity index (χ4n) is 1.05. The second-order valence-electron chi connectivity index (χ2n) is 3.16. The van der Waals surface area contributed by atoms with Gasteiger partial charge < -0.3 is 4.74 Å². The molecule has 0 bridgehead atoms. The van der Waals surface area contributed by atoms with Crippen LogP contribution in [-0.4, -0.2) is 28.5 Å². The summed E-state index contributed by atoms with van der Waals surface area (Å²) in [5.74, 6) is 0.495. The molecule has 16 heavy (non-hydrogen) atoms. The number of halogens is 1. The van der Waals surface area contributed by atoms with Crippen LogP contribution in [0.25, 0.3) is 0 Å². The Morgan fingerprint density at radius 1 is 1.44 bits per heavy atom. The maximum absolute atomic E-state index is 11.0. The first kappa shape index (κ1) is 13.1. The van der Waals surface area contributed by atoms with Crippen molar-refractivity contribution >= 4 is 27.3 Å². The van der Waals surface area contributed by atoms with Gasteiger partial charge >= 0.3 is 0 Å². The molecule has 0 spiro atoms.